The van der Waals surface area contributed by atoms with E-state index in [0.29, 0.717) is 11.1 Å². The summed E-state index contributed by atoms with van der Waals surface area (Å²) in [4.78, 5) is 0. The summed E-state index contributed by atoms with van der Waals surface area (Å²) in [6, 6.07) is 0. The molecule has 2 unspecified atom stereocenters. The third kappa shape index (κ3) is 1.77. The van der Waals surface area contributed by atoms with E-state index in [4.69, 9.17) is 9.47 Å². The number of rotatable bonds is 4. The van der Waals surface area contributed by atoms with Gasteiger partial charge in [-0.25, -0.2) is 0 Å². The van der Waals surface area contributed by atoms with Crippen LogP contribution >= 0.6 is 0 Å². The van der Waals surface area contributed by atoms with Gasteiger partial charge in [-0.05, 0) is 12.8 Å². The molecule has 0 spiro atoms. The smallest absolute Gasteiger partial charge is 0.167 e. The molecule has 1 aliphatic carbocycles. The number of methoxy groups -OCH3 is 2. The Labute approximate surface area is 86.0 Å². The second-order valence-electron chi connectivity index (χ2n) is 3.39. The Kier molecular flexibility index (Phi) is 4.16. The van der Waals surface area contributed by atoms with Gasteiger partial charge >= 0.3 is 0 Å². The topological polar surface area (TPSA) is 18.5 Å². The van der Waals surface area contributed by atoms with Gasteiger partial charge in [0.2, 0.25) is 0 Å². The van der Waals surface area contributed by atoms with Gasteiger partial charge in [-0.3, -0.25) is 0 Å². The van der Waals surface area contributed by atoms with E-state index in [2.05, 4.69) is 13.1 Å². The SMILES string of the molecule is COC1(OC)C([Si]C)CCC1[Si]C. The van der Waals surface area contributed by atoms with Crippen LogP contribution in [-0.2, 0) is 9.47 Å². The maximum Gasteiger partial charge on any atom is 0.167 e. The van der Waals surface area contributed by atoms with Crippen LogP contribution in [0.4, 0.5) is 0 Å². The molecule has 0 aromatic carbocycles. The summed E-state index contributed by atoms with van der Waals surface area (Å²) in [7, 11) is 5.41. The molecule has 0 N–H and O–H groups in total. The molecule has 0 saturated heterocycles. The summed E-state index contributed by atoms with van der Waals surface area (Å²) in [5.74, 6) is -0.264. The fourth-order valence-corrected chi connectivity index (χ4v) is 5.08. The molecule has 2 atom stereocenters. The average Bonchev–Trinajstić information content (AvgIpc) is 2.55. The first-order valence-electron chi connectivity index (χ1n) is 4.70. The van der Waals surface area contributed by atoms with Crippen LogP contribution in [0.5, 0.6) is 0 Å². The Bertz CT molecular complexity index is 146. The molecule has 1 rings (SSSR count). The van der Waals surface area contributed by atoms with Gasteiger partial charge in [-0.15, -0.1) is 0 Å². The second kappa shape index (κ2) is 4.73. The summed E-state index contributed by atoms with van der Waals surface area (Å²) >= 11 is 0. The van der Waals surface area contributed by atoms with Gasteiger partial charge in [0.25, 0.3) is 0 Å². The minimum atomic E-state index is -0.264. The van der Waals surface area contributed by atoms with E-state index in [9.17, 15) is 0 Å². The average molecular weight is 214 g/mol. The zero-order chi connectivity index (χ0) is 9.90. The van der Waals surface area contributed by atoms with Crippen molar-refractivity contribution in [3.05, 3.63) is 0 Å². The first-order valence-corrected chi connectivity index (χ1v) is 7.85. The predicted molar refractivity (Wildman–Crippen MR) is 56.7 cm³/mol. The molecule has 0 heterocycles. The molecular formula is C9H18O2Si2. The molecule has 0 aromatic rings. The number of ether oxygens (including phenoxy) is 2. The third-order valence-corrected chi connectivity index (χ3v) is 5.83. The highest BCUT2D eigenvalue weighted by atomic mass is 28.2. The highest BCUT2D eigenvalue weighted by Crippen LogP contribution is 2.50. The predicted octanol–water partition coefficient (Wildman–Crippen LogP) is 1.85. The Hall–Kier alpha value is 0.354. The highest BCUT2D eigenvalue weighted by molar-refractivity contribution is 6.39. The van der Waals surface area contributed by atoms with E-state index < -0.39 is 0 Å². The Morgan fingerprint density at radius 2 is 1.38 bits per heavy atom. The molecule has 1 aliphatic rings. The third-order valence-electron chi connectivity index (χ3n) is 3.05. The van der Waals surface area contributed by atoms with Crippen molar-refractivity contribution >= 4 is 19.0 Å². The molecule has 1 saturated carbocycles. The van der Waals surface area contributed by atoms with Crippen molar-refractivity contribution in [2.45, 2.75) is 42.8 Å². The van der Waals surface area contributed by atoms with Gasteiger partial charge in [0.05, 0.1) is 0 Å². The van der Waals surface area contributed by atoms with Crippen molar-refractivity contribution in [1.82, 2.24) is 0 Å². The molecule has 4 heteroatoms. The lowest BCUT2D eigenvalue weighted by Gasteiger charge is -2.36. The monoisotopic (exact) mass is 214 g/mol. The maximum absolute atomic E-state index is 5.65. The molecule has 4 radical (unpaired) electrons. The van der Waals surface area contributed by atoms with Crippen LogP contribution < -0.4 is 0 Å². The lowest BCUT2D eigenvalue weighted by Crippen LogP contribution is -2.41. The van der Waals surface area contributed by atoms with E-state index in [1.54, 1.807) is 14.2 Å². The fourth-order valence-electron chi connectivity index (χ4n) is 2.32. The highest BCUT2D eigenvalue weighted by Gasteiger charge is 2.49. The Morgan fingerprint density at radius 1 is 1.00 bits per heavy atom. The zero-order valence-corrected chi connectivity index (χ0v) is 10.9. The zero-order valence-electron chi connectivity index (χ0n) is 8.89. The van der Waals surface area contributed by atoms with Crippen LogP contribution in [0.1, 0.15) is 12.8 Å². The Morgan fingerprint density at radius 3 is 1.62 bits per heavy atom. The number of hydrogen-bond acceptors (Lipinski definition) is 2. The van der Waals surface area contributed by atoms with E-state index in [1.165, 1.54) is 12.8 Å². The molecule has 13 heavy (non-hydrogen) atoms. The van der Waals surface area contributed by atoms with Crippen LogP contribution in [0.25, 0.3) is 0 Å². The van der Waals surface area contributed by atoms with Crippen molar-refractivity contribution in [2.75, 3.05) is 14.2 Å². The minimum Gasteiger partial charge on any atom is -0.353 e. The van der Waals surface area contributed by atoms with Crippen molar-refractivity contribution < 1.29 is 9.47 Å². The summed E-state index contributed by atoms with van der Waals surface area (Å²) in [6.45, 7) is 4.50. The van der Waals surface area contributed by atoms with Crippen molar-refractivity contribution in [1.29, 1.82) is 0 Å². The van der Waals surface area contributed by atoms with Crippen LogP contribution in [0, 0.1) is 0 Å². The van der Waals surface area contributed by atoms with E-state index in [-0.39, 0.29) is 5.79 Å². The van der Waals surface area contributed by atoms with E-state index in [1.807, 2.05) is 0 Å². The summed E-state index contributed by atoms with van der Waals surface area (Å²) < 4.78 is 11.3. The molecular weight excluding hydrogens is 196 g/mol. The second-order valence-corrected chi connectivity index (χ2v) is 5.94. The van der Waals surface area contributed by atoms with Gasteiger partial charge in [-0.1, -0.05) is 13.1 Å². The van der Waals surface area contributed by atoms with Gasteiger partial charge in [-0.2, -0.15) is 0 Å². The summed E-state index contributed by atoms with van der Waals surface area (Å²) in [5, 5.41) is 0. The molecule has 0 amide bonds. The first kappa shape index (κ1) is 11.4. The standard InChI is InChI=1S/C9H18O2Si2/c1-10-9(11-2)7(12-3)5-6-8(9)13-4/h7-8H,5-6H2,1-4H3. The Balaban J connectivity index is 2.81. The molecule has 74 valence electrons. The fraction of sp³-hybridized carbons (Fsp3) is 1.00. The number of hydrogen-bond donors (Lipinski definition) is 0. The molecule has 2 nitrogen and oxygen atoms in total. The lowest BCUT2D eigenvalue weighted by molar-refractivity contribution is -0.199. The quantitative estimate of drug-likeness (QED) is 0.525. The van der Waals surface area contributed by atoms with Crippen molar-refractivity contribution in [2.24, 2.45) is 0 Å². The van der Waals surface area contributed by atoms with Crippen LogP contribution in [0.3, 0.4) is 0 Å². The van der Waals surface area contributed by atoms with E-state index in [0.717, 1.165) is 19.0 Å². The lowest BCUT2D eigenvalue weighted by atomic mass is 10.2. The van der Waals surface area contributed by atoms with Gasteiger partial charge < -0.3 is 9.47 Å². The van der Waals surface area contributed by atoms with E-state index >= 15 is 0 Å². The van der Waals surface area contributed by atoms with Crippen LogP contribution in [0.2, 0.25) is 24.2 Å². The normalized spacial score (nSPS) is 32.3. The van der Waals surface area contributed by atoms with Crippen LogP contribution in [0.15, 0.2) is 0 Å². The molecule has 0 aliphatic heterocycles. The molecule has 1 fully saturated rings. The molecule has 0 aromatic heterocycles. The van der Waals surface area contributed by atoms with Gasteiger partial charge in [0.15, 0.2) is 5.79 Å². The van der Waals surface area contributed by atoms with Crippen molar-refractivity contribution in [3.63, 3.8) is 0 Å². The molecule has 0 bridgehead atoms. The maximum atomic E-state index is 5.65. The largest absolute Gasteiger partial charge is 0.353 e. The minimum absolute atomic E-state index is 0.264. The van der Waals surface area contributed by atoms with Gasteiger partial charge in [0.1, 0.15) is 0 Å². The van der Waals surface area contributed by atoms with Gasteiger partial charge in [0, 0.05) is 44.3 Å². The summed E-state index contributed by atoms with van der Waals surface area (Å²) in [5.41, 5.74) is 1.22. The first-order chi connectivity index (χ1) is 6.25. The van der Waals surface area contributed by atoms with Crippen molar-refractivity contribution in [3.8, 4) is 0 Å². The van der Waals surface area contributed by atoms with Crippen LogP contribution in [-0.4, -0.2) is 39.0 Å². The summed E-state index contributed by atoms with van der Waals surface area (Å²) in [6.07, 6.45) is 2.53.